The molecule has 0 saturated heterocycles. The lowest BCUT2D eigenvalue weighted by atomic mass is 10.2. The van der Waals surface area contributed by atoms with E-state index in [0.717, 1.165) is 32.5 Å². The van der Waals surface area contributed by atoms with Gasteiger partial charge in [-0.3, -0.25) is 4.79 Å². The highest BCUT2D eigenvalue weighted by Crippen LogP contribution is 2.35. The summed E-state index contributed by atoms with van der Waals surface area (Å²) in [5, 5.41) is 6.21. The highest BCUT2D eigenvalue weighted by Gasteiger charge is 2.14. The number of aromatic nitrogens is 2. The van der Waals surface area contributed by atoms with Crippen LogP contribution in [0.25, 0.3) is 21.1 Å². The van der Waals surface area contributed by atoms with Crippen LogP contribution < -0.4 is 11.1 Å². The Kier molecular flexibility index (Phi) is 3.91. The second-order valence-corrected chi connectivity index (χ2v) is 6.64. The molecule has 5 nitrogen and oxygen atoms in total. The van der Waals surface area contributed by atoms with Gasteiger partial charge in [0.25, 0.3) is 0 Å². The van der Waals surface area contributed by atoms with Crippen LogP contribution in [0.3, 0.4) is 0 Å². The molecule has 3 rings (SSSR count). The summed E-state index contributed by atoms with van der Waals surface area (Å²) < 4.78 is 0. The fourth-order valence-corrected chi connectivity index (χ4v) is 3.88. The van der Waals surface area contributed by atoms with E-state index in [2.05, 4.69) is 15.3 Å². The Labute approximate surface area is 135 Å². The van der Waals surface area contributed by atoms with Gasteiger partial charge in [0.2, 0.25) is 5.91 Å². The van der Waals surface area contributed by atoms with Crippen molar-refractivity contribution in [1.29, 1.82) is 0 Å². The molecule has 3 aromatic rings. The zero-order valence-electron chi connectivity index (χ0n) is 12.1. The third-order valence-electron chi connectivity index (χ3n) is 2.95. The predicted octanol–water partition coefficient (Wildman–Crippen LogP) is 3.78. The number of thiazole rings is 2. The minimum absolute atomic E-state index is 0.126. The van der Waals surface area contributed by atoms with Crippen molar-refractivity contribution < 1.29 is 4.79 Å². The van der Waals surface area contributed by atoms with Crippen LogP contribution in [0.2, 0.25) is 0 Å². The Morgan fingerprint density at radius 3 is 2.86 bits per heavy atom. The zero-order valence-corrected chi connectivity index (χ0v) is 13.7. The van der Waals surface area contributed by atoms with Crippen LogP contribution in [0.5, 0.6) is 0 Å². The number of hydrogen-bond donors (Lipinski definition) is 2. The maximum absolute atomic E-state index is 11.1. The van der Waals surface area contributed by atoms with Crippen molar-refractivity contribution >= 4 is 39.4 Å². The van der Waals surface area contributed by atoms with Crippen molar-refractivity contribution in [2.45, 2.75) is 13.8 Å². The lowest BCUT2D eigenvalue weighted by molar-refractivity contribution is -0.114. The molecule has 0 fully saturated rings. The van der Waals surface area contributed by atoms with Crippen LogP contribution in [0.4, 0.5) is 10.8 Å². The molecule has 112 valence electrons. The normalized spacial score (nSPS) is 10.6. The number of nitrogens with zero attached hydrogens (tertiary/aromatic N) is 2. The zero-order chi connectivity index (χ0) is 15.7. The second kappa shape index (κ2) is 5.86. The number of nitrogens with one attached hydrogen (secondary N) is 1. The van der Waals surface area contributed by atoms with Gasteiger partial charge in [0.15, 0.2) is 5.13 Å². The summed E-state index contributed by atoms with van der Waals surface area (Å²) in [6, 6.07) is 7.66. The molecular weight excluding hydrogens is 316 g/mol. The molecule has 0 radical (unpaired) electrons. The third kappa shape index (κ3) is 3.00. The molecule has 0 spiro atoms. The number of nitrogens with two attached hydrogens (primary N) is 1. The van der Waals surface area contributed by atoms with Crippen LogP contribution in [0.1, 0.15) is 12.6 Å². The molecule has 0 unspecified atom stereocenters. The van der Waals surface area contributed by atoms with E-state index in [-0.39, 0.29) is 5.91 Å². The molecule has 0 atom stereocenters. The standard InChI is InChI=1S/C15H14N4OS2/c1-8-13(22-15(17-8)18-9(2)20)12-7-21-14(19-12)10-4-3-5-11(16)6-10/h3-7H,16H2,1-2H3,(H,17,18,20). The molecule has 0 saturated carbocycles. The van der Waals surface area contributed by atoms with E-state index in [1.807, 2.05) is 36.6 Å². The molecule has 2 heterocycles. The number of aryl methyl sites for hydroxylation is 1. The monoisotopic (exact) mass is 330 g/mol. The minimum atomic E-state index is -0.126. The van der Waals surface area contributed by atoms with Gasteiger partial charge in [-0.25, -0.2) is 9.97 Å². The van der Waals surface area contributed by atoms with Gasteiger partial charge in [0.05, 0.1) is 16.3 Å². The van der Waals surface area contributed by atoms with Crippen molar-refractivity contribution in [3.8, 4) is 21.1 Å². The maximum atomic E-state index is 11.1. The quantitative estimate of drug-likeness (QED) is 0.716. The SMILES string of the molecule is CC(=O)Nc1nc(C)c(-c2csc(-c3cccc(N)c3)n2)s1. The Balaban J connectivity index is 1.94. The van der Waals surface area contributed by atoms with Crippen LogP contribution >= 0.6 is 22.7 Å². The number of carbonyl (C=O) groups is 1. The summed E-state index contributed by atoms with van der Waals surface area (Å²) in [6.45, 7) is 3.38. The van der Waals surface area contributed by atoms with Crippen molar-refractivity contribution in [2.24, 2.45) is 0 Å². The van der Waals surface area contributed by atoms with Crippen LogP contribution in [0, 0.1) is 6.92 Å². The average molecular weight is 330 g/mol. The van der Waals surface area contributed by atoms with Gasteiger partial charge in [-0.15, -0.1) is 11.3 Å². The first kappa shape index (κ1) is 14.7. The number of amides is 1. The number of hydrogen-bond acceptors (Lipinski definition) is 6. The third-order valence-corrected chi connectivity index (χ3v) is 4.94. The van der Waals surface area contributed by atoms with Gasteiger partial charge >= 0.3 is 0 Å². The van der Waals surface area contributed by atoms with E-state index in [0.29, 0.717) is 5.13 Å². The van der Waals surface area contributed by atoms with Crippen molar-refractivity contribution in [1.82, 2.24) is 9.97 Å². The largest absolute Gasteiger partial charge is 0.399 e. The summed E-state index contributed by atoms with van der Waals surface area (Å²) in [7, 11) is 0. The molecule has 0 aliphatic rings. The van der Waals surface area contributed by atoms with Crippen LogP contribution in [-0.4, -0.2) is 15.9 Å². The molecule has 0 aliphatic heterocycles. The first-order valence-electron chi connectivity index (χ1n) is 6.60. The first-order valence-corrected chi connectivity index (χ1v) is 8.29. The van der Waals surface area contributed by atoms with Crippen molar-refractivity contribution in [3.63, 3.8) is 0 Å². The van der Waals surface area contributed by atoms with Crippen LogP contribution in [0.15, 0.2) is 29.6 Å². The van der Waals surface area contributed by atoms with E-state index in [1.54, 1.807) is 11.3 Å². The fraction of sp³-hybridized carbons (Fsp3) is 0.133. The number of benzene rings is 1. The van der Waals surface area contributed by atoms with Gasteiger partial charge in [-0.05, 0) is 19.1 Å². The molecule has 1 amide bonds. The van der Waals surface area contributed by atoms with E-state index in [1.165, 1.54) is 18.3 Å². The number of anilines is 2. The Morgan fingerprint density at radius 2 is 2.14 bits per heavy atom. The van der Waals surface area contributed by atoms with Gasteiger partial charge in [0, 0.05) is 23.6 Å². The lowest BCUT2D eigenvalue weighted by Crippen LogP contribution is -2.04. The Morgan fingerprint density at radius 1 is 1.32 bits per heavy atom. The van der Waals surface area contributed by atoms with Gasteiger partial charge in [-0.2, -0.15) is 0 Å². The van der Waals surface area contributed by atoms with E-state index < -0.39 is 0 Å². The second-order valence-electron chi connectivity index (χ2n) is 4.78. The van der Waals surface area contributed by atoms with E-state index in [9.17, 15) is 4.79 Å². The smallest absolute Gasteiger partial charge is 0.223 e. The summed E-state index contributed by atoms with van der Waals surface area (Å²) in [4.78, 5) is 21.1. The molecule has 7 heteroatoms. The Bertz CT molecular complexity index is 838. The molecule has 0 bridgehead atoms. The maximum Gasteiger partial charge on any atom is 0.223 e. The lowest BCUT2D eigenvalue weighted by Gasteiger charge is -1.97. The highest BCUT2D eigenvalue weighted by atomic mass is 32.1. The van der Waals surface area contributed by atoms with Crippen LogP contribution in [-0.2, 0) is 4.79 Å². The van der Waals surface area contributed by atoms with E-state index in [4.69, 9.17) is 5.73 Å². The number of carbonyl (C=O) groups excluding carboxylic acids is 1. The first-order chi connectivity index (χ1) is 10.5. The molecule has 22 heavy (non-hydrogen) atoms. The number of nitrogen functional groups attached to an aromatic ring is 1. The molecule has 1 aromatic carbocycles. The summed E-state index contributed by atoms with van der Waals surface area (Å²) in [6.07, 6.45) is 0. The average Bonchev–Trinajstić information content (AvgIpc) is 3.05. The molecular formula is C15H14N4OS2. The van der Waals surface area contributed by atoms with Gasteiger partial charge in [0.1, 0.15) is 5.01 Å². The molecule has 2 aromatic heterocycles. The Hall–Kier alpha value is -2.25. The highest BCUT2D eigenvalue weighted by molar-refractivity contribution is 7.19. The van der Waals surface area contributed by atoms with Gasteiger partial charge in [-0.1, -0.05) is 23.5 Å². The molecule has 3 N–H and O–H groups in total. The van der Waals surface area contributed by atoms with Crippen molar-refractivity contribution in [3.05, 3.63) is 35.3 Å². The van der Waals surface area contributed by atoms with E-state index >= 15 is 0 Å². The number of rotatable bonds is 3. The van der Waals surface area contributed by atoms with Gasteiger partial charge < -0.3 is 11.1 Å². The predicted molar refractivity (Wildman–Crippen MR) is 92.1 cm³/mol. The molecule has 0 aliphatic carbocycles. The summed E-state index contributed by atoms with van der Waals surface area (Å²) >= 11 is 2.99. The summed E-state index contributed by atoms with van der Waals surface area (Å²) in [5.74, 6) is -0.126. The topological polar surface area (TPSA) is 80.9 Å². The summed E-state index contributed by atoms with van der Waals surface area (Å²) in [5.41, 5.74) is 9.26. The van der Waals surface area contributed by atoms with Crippen molar-refractivity contribution in [2.75, 3.05) is 11.1 Å². The fourth-order valence-electron chi connectivity index (χ4n) is 2.02. The minimum Gasteiger partial charge on any atom is -0.399 e.